The van der Waals surface area contributed by atoms with Crippen LogP contribution in [0.15, 0.2) is 42.4 Å². The molecular formula is C17H21N5O2. The molecule has 4 N–H and O–H groups in total. The first-order valence-electron chi connectivity index (χ1n) is 7.84. The van der Waals surface area contributed by atoms with Gasteiger partial charge in [0.1, 0.15) is 0 Å². The number of amides is 1. The molecule has 1 aromatic heterocycles. The molecule has 1 aromatic carbocycles. The smallest absolute Gasteiger partial charge is 0.269 e. The number of primary amides is 1. The van der Waals surface area contributed by atoms with Crippen LogP contribution in [0.1, 0.15) is 17.5 Å². The summed E-state index contributed by atoms with van der Waals surface area (Å²) in [7, 11) is 0. The summed E-state index contributed by atoms with van der Waals surface area (Å²) in [6.07, 6.45) is 4.40. The van der Waals surface area contributed by atoms with Gasteiger partial charge in [-0.2, -0.15) is 5.10 Å². The quantitative estimate of drug-likeness (QED) is 0.830. The van der Waals surface area contributed by atoms with E-state index in [1.54, 1.807) is 15.8 Å². The minimum atomic E-state index is -0.529. The van der Waals surface area contributed by atoms with Crippen LogP contribution in [0, 0.1) is 6.92 Å². The summed E-state index contributed by atoms with van der Waals surface area (Å²) in [6, 6.07) is 7.78. The van der Waals surface area contributed by atoms with Crippen LogP contribution in [-0.2, 0) is 16.1 Å². The Kier molecular flexibility index (Phi) is 4.52. The van der Waals surface area contributed by atoms with Crippen molar-refractivity contribution < 1.29 is 9.53 Å². The molecule has 0 fully saturated rings. The number of carbonyl (C=O) groups excluding carboxylic acids is 1. The molecule has 0 aliphatic carbocycles. The topological polar surface area (TPSA) is 99.4 Å². The Morgan fingerprint density at radius 2 is 2.25 bits per heavy atom. The van der Waals surface area contributed by atoms with Crippen LogP contribution >= 0.6 is 0 Å². The average Bonchev–Trinajstić information content (AvgIpc) is 3.19. The molecule has 0 unspecified atom stereocenters. The molecule has 0 bridgehead atoms. The van der Waals surface area contributed by atoms with Crippen molar-refractivity contribution in [2.75, 3.05) is 18.2 Å². The second-order valence-electron chi connectivity index (χ2n) is 5.72. The molecule has 1 aliphatic heterocycles. The monoisotopic (exact) mass is 327 g/mol. The molecule has 1 amide bonds. The summed E-state index contributed by atoms with van der Waals surface area (Å²) in [5, 5.41) is 4.29. The molecule has 126 valence electrons. The lowest BCUT2D eigenvalue weighted by molar-refractivity contribution is -0.114. The summed E-state index contributed by atoms with van der Waals surface area (Å²) in [5.41, 5.74) is 14.2. The minimum absolute atomic E-state index is 0.226. The van der Waals surface area contributed by atoms with Crippen molar-refractivity contribution in [3.05, 3.63) is 53.5 Å². The first-order chi connectivity index (χ1) is 11.6. The third-order valence-electron chi connectivity index (χ3n) is 3.86. The maximum Gasteiger partial charge on any atom is 0.269 e. The third kappa shape index (κ3) is 3.11. The minimum Gasteiger partial charge on any atom is -0.470 e. The molecule has 7 nitrogen and oxygen atoms in total. The Labute approximate surface area is 140 Å². The molecule has 0 saturated heterocycles. The van der Waals surface area contributed by atoms with E-state index in [-0.39, 0.29) is 6.73 Å². The van der Waals surface area contributed by atoms with Crippen LogP contribution in [-0.4, -0.2) is 29.0 Å². The highest BCUT2D eigenvalue weighted by Crippen LogP contribution is 2.32. The van der Waals surface area contributed by atoms with Gasteiger partial charge < -0.3 is 16.2 Å². The van der Waals surface area contributed by atoms with E-state index < -0.39 is 5.91 Å². The van der Waals surface area contributed by atoms with Crippen molar-refractivity contribution >= 4 is 17.4 Å². The van der Waals surface area contributed by atoms with Gasteiger partial charge in [-0.3, -0.25) is 14.4 Å². The number of aryl methyl sites for hydroxylation is 2. The maximum absolute atomic E-state index is 12.0. The van der Waals surface area contributed by atoms with Crippen LogP contribution in [0.2, 0.25) is 0 Å². The Morgan fingerprint density at radius 1 is 1.42 bits per heavy atom. The first-order valence-corrected chi connectivity index (χ1v) is 7.84. The SMILES string of the molecule is Cc1cccc(C2=C(C(N)=O)N(c3cnn(CCCN)c3)CO2)c1. The van der Waals surface area contributed by atoms with E-state index in [2.05, 4.69) is 5.10 Å². The third-order valence-corrected chi connectivity index (χ3v) is 3.86. The number of nitrogens with two attached hydrogens (primary N) is 2. The molecule has 0 atom stereocenters. The van der Waals surface area contributed by atoms with Gasteiger partial charge in [-0.1, -0.05) is 23.8 Å². The fraction of sp³-hybridized carbons (Fsp3) is 0.294. The van der Waals surface area contributed by atoms with Crippen LogP contribution in [0.5, 0.6) is 0 Å². The number of nitrogens with zero attached hydrogens (tertiary/aromatic N) is 3. The predicted molar refractivity (Wildman–Crippen MR) is 91.6 cm³/mol. The zero-order chi connectivity index (χ0) is 17.1. The number of aromatic nitrogens is 2. The molecule has 24 heavy (non-hydrogen) atoms. The summed E-state index contributed by atoms with van der Waals surface area (Å²) in [4.78, 5) is 13.8. The molecule has 7 heteroatoms. The van der Waals surface area contributed by atoms with E-state index in [0.717, 1.165) is 29.8 Å². The van der Waals surface area contributed by atoms with E-state index >= 15 is 0 Å². The molecule has 1 aliphatic rings. The van der Waals surface area contributed by atoms with Gasteiger partial charge in [-0.05, 0) is 26.0 Å². The number of carbonyl (C=O) groups is 1. The normalized spacial score (nSPS) is 14.2. The number of hydrogen-bond acceptors (Lipinski definition) is 5. The van der Waals surface area contributed by atoms with E-state index in [0.29, 0.717) is 18.0 Å². The number of rotatable bonds is 6. The fourth-order valence-corrected chi connectivity index (χ4v) is 2.71. The number of anilines is 1. The van der Waals surface area contributed by atoms with Crippen molar-refractivity contribution in [1.82, 2.24) is 9.78 Å². The second-order valence-corrected chi connectivity index (χ2v) is 5.72. The predicted octanol–water partition coefficient (Wildman–Crippen LogP) is 1.19. The van der Waals surface area contributed by atoms with Crippen molar-refractivity contribution in [1.29, 1.82) is 0 Å². The Morgan fingerprint density at radius 3 is 2.96 bits per heavy atom. The van der Waals surface area contributed by atoms with Gasteiger partial charge in [0.2, 0.25) is 0 Å². The standard InChI is InChI=1S/C17H21N5O2/c1-12-4-2-5-13(8-12)16-15(17(19)23)22(11-24-16)14-9-20-21(10-14)7-3-6-18/h2,4-5,8-10H,3,6-7,11,18H2,1H3,(H2,19,23). The van der Waals surface area contributed by atoms with Crippen molar-refractivity contribution in [3.8, 4) is 0 Å². The van der Waals surface area contributed by atoms with E-state index in [4.69, 9.17) is 16.2 Å². The largest absolute Gasteiger partial charge is 0.470 e. The summed E-state index contributed by atoms with van der Waals surface area (Å²) in [6.45, 7) is 3.55. The van der Waals surface area contributed by atoms with E-state index in [1.165, 1.54) is 0 Å². The molecule has 3 rings (SSSR count). The lowest BCUT2D eigenvalue weighted by Crippen LogP contribution is -2.28. The van der Waals surface area contributed by atoms with Gasteiger partial charge in [0, 0.05) is 18.3 Å². The zero-order valence-corrected chi connectivity index (χ0v) is 13.6. The molecule has 0 saturated carbocycles. The Bertz CT molecular complexity index is 781. The highest BCUT2D eigenvalue weighted by molar-refractivity contribution is 6.03. The Balaban J connectivity index is 1.94. The maximum atomic E-state index is 12.0. The highest BCUT2D eigenvalue weighted by Gasteiger charge is 2.31. The summed E-state index contributed by atoms with van der Waals surface area (Å²) in [5.74, 6) is -0.0281. The van der Waals surface area contributed by atoms with Gasteiger partial charge >= 0.3 is 0 Å². The van der Waals surface area contributed by atoms with Gasteiger partial charge in [-0.15, -0.1) is 0 Å². The number of benzene rings is 1. The lowest BCUT2D eigenvalue weighted by atomic mass is 10.1. The molecule has 2 heterocycles. The van der Waals surface area contributed by atoms with Crippen molar-refractivity contribution in [2.45, 2.75) is 19.9 Å². The second kappa shape index (κ2) is 6.76. The first kappa shape index (κ1) is 16.1. The van der Waals surface area contributed by atoms with Gasteiger partial charge in [0.05, 0.1) is 11.9 Å². The summed E-state index contributed by atoms with van der Waals surface area (Å²) < 4.78 is 7.57. The number of hydrogen-bond donors (Lipinski definition) is 2. The zero-order valence-electron chi connectivity index (χ0n) is 13.6. The van der Waals surface area contributed by atoms with Crippen LogP contribution in [0.4, 0.5) is 5.69 Å². The van der Waals surface area contributed by atoms with Crippen molar-refractivity contribution in [3.63, 3.8) is 0 Å². The van der Waals surface area contributed by atoms with Crippen LogP contribution in [0.3, 0.4) is 0 Å². The number of ether oxygens (including phenoxy) is 1. The highest BCUT2D eigenvalue weighted by atomic mass is 16.5. The van der Waals surface area contributed by atoms with Gasteiger partial charge in [-0.25, -0.2) is 0 Å². The van der Waals surface area contributed by atoms with Crippen molar-refractivity contribution in [2.24, 2.45) is 11.5 Å². The molecular weight excluding hydrogens is 306 g/mol. The van der Waals surface area contributed by atoms with Gasteiger partial charge in [0.25, 0.3) is 5.91 Å². The summed E-state index contributed by atoms with van der Waals surface area (Å²) >= 11 is 0. The average molecular weight is 327 g/mol. The molecule has 0 spiro atoms. The van der Waals surface area contributed by atoms with E-state index in [1.807, 2.05) is 37.4 Å². The Hall–Kier alpha value is -2.80. The molecule has 0 radical (unpaired) electrons. The van der Waals surface area contributed by atoms with Crippen LogP contribution in [0.25, 0.3) is 5.76 Å². The fourth-order valence-electron chi connectivity index (χ4n) is 2.71. The lowest BCUT2D eigenvalue weighted by Gasteiger charge is -2.15. The van der Waals surface area contributed by atoms with Gasteiger partial charge in [0.15, 0.2) is 18.2 Å². The molecule has 2 aromatic rings. The van der Waals surface area contributed by atoms with Crippen LogP contribution < -0.4 is 16.4 Å². The van der Waals surface area contributed by atoms with E-state index in [9.17, 15) is 4.79 Å².